The van der Waals surface area contributed by atoms with Crippen LogP contribution in [0.4, 0.5) is 0 Å². The predicted octanol–water partition coefficient (Wildman–Crippen LogP) is 5.61. The summed E-state index contributed by atoms with van der Waals surface area (Å²) in [7, 11) is 0. The van der Waals surface area contributed by atoms with Gasteiger partial charge < -0.3 is 0 Å². The van der Waals surface area contributed by atoms with E-state index < -0.39 is 0 Å². The van der Waals surface area contributed by atoms with Crippen molar-refractivity contribution in [3.05, 3.63) is 83.4 Å². The fourth-order valence-electron chi connectivity index (χ4n) is 2.21. The van der Waals surface area contributed by atoms with E-state index >= 15 is 0 Å². The van der Waals surface area contributed by atoms with Gasteiger partial charge in [0.05, 0.1) is 0 Å². The lowest BCUT2D eigenvalue weighted by molar-refractivity contribution is 0.646. The van der Waals surface area contributed by atoms with Crippen molar-refractivity contribution in [3.8, 4) is 0 Å². The first-order valence-corrected chi connectivity index (χ1v) is 7.23. The van der Waals surface area contributed by atoms with E-state index in [-0.39, 0.29) is 0 Å². The van der Waals surface area contributed by atoms with E-state index in [0.717, 1.165) is 6.42 Å². The molecule has 0 aliphatic heterocycles. The number of hydrogen-bond acceptors (Lipinski definition) is 0. The topological polar surface area (TPSA) is 0 Å². The van der Waals surface area contributed by atoms with Crippen LogP contribution in [0, 0.1) is 5.92 Å². The molecule has 0 aromatic heterocycles. The molecule has 0 saturated carbocycles. The summed E-state index contributed by atoms with van der Waals surface area (Å²) in [6.45, 7) is 4.52. The highest BCUT2D eigenvalue weighted by Gasteiger charge is 2.00. The van der Waals surface area contributed by atoms with Gasteiger partial charge in [-0.2, -0.15) is 0 Å². The molecule has 20 heavy (non-hydrogen) atoms. The van der Waals surface area contributed by atoms with Crippen LogP contribution < -0.4 is 0 Å². The zero-order valence-corrected chi connectivity index (χ0v) is 12.3. The Kier molecular flexibility index (Phi) is 5.37. The Balaban J connectivity index is 2.06. The molecule has 0 aliphatic carbocycles. The number of rotatable bonds is 5. The van der Waals surface area contributed by atoms with Gasteiger partial charge in [-0.15, -0.1) is 0 Å². The third kappa shape index (κ3) is 4.55. The average molecular weight is 262 g/mol. The number of allylic oxidation sites excluding steroid dienone is 2. The average Bonchev–Trinajstić information content (AvgIpc) is 2.46. The minimum absolute atomic E-state index is 0.685. The highest BCUT2D eigenvalue weighted by molar-refractivity contribution is 5.59. The Labute approximate surface area is 122 Å². The monoisotopic (exact) mass is 262 g/mol. The molecule has 0 nitrogen and oxygen atoms in total. The van der Waals surface area contributed by atoms with Gasteiger partial charge in [0.1, 0.15) is 0 Å². The molecule has 2 aromatic rings. The summed E-state index contributed by atoms with van der Waals surface area (Å²) in [5.74, 6) is 0.685. The second kappa shape index (κ2) is 7.49. The summed E-state index contributed by atoms with van der Waals surface area (Å²) < 4.78 is 0. The van der Waals surface area contributed by atoms with Gasteiger partial charge in [-0.3, -0.25) is 0 Å². The van der Waals surface area contributed by atoms with Gasteiger partial charge in [0.2, 0.25) is 0 Å². The largest absolute Gasteiger partial charge is 0.0625 e. The van der Waals surface area contributed by atoms with Crippen molar-refractivity contribution in [2.75, 3.05) is 0 Å². The maximum absolute atomic E-state index is 2.26. The van der Waals surface area contributed by atoms with E-state index in [9.17, 15) is 0 Å². The van der Waals surface area contributed by atoms with E-state index in [1.807, 2.05) is 6.07 Å². The zero-order chi connectivity index (χ0) is 14.2. The summed E-state index contributed by atoms with van der Waals surface area (Å²) in [4.78, 5) is 0. The molecule has 0 radical (unpaired) electrons. The fourth-order valence-corrected chi connectivity index (χ4v) is 2.21. The summed E-state index contributed by atoms with van der Waals surface area (Å²) in [5, 5.41) is 0. The van der Waals surface area contributed by atoms with Crippen LogP contribution in [0.25, 0.3) is 12.2 Å². The molecule has 2 aromatic carbocycles. The molecule has 0 heteroatoms. The third-order valence-corrected chi connectivity index (χ3v) is 3.16. The lowest BCUT2D eigenvalue weighted by Gasteiger charge is -2.08. The van der Waals surface area contributed by atoms with E-state index in [1.165, 1.54) is 16.7 Å². The van der Waals surface area contributed by atoms with Gasteiger partial charge in [0.25, 0.3) is 0 Å². The lowest BCUT2D eigenvalue weighted by atomic mass is 9.98. The molecule has 0 amide bonds. The molecule has 0 N–H and O–H groups in total. The van der Waals surface area contributed by atoms with Crippen molar-refractivity contribution in [2.45, 2.75) is 20.3 Å². The molecule has 0 unspecified atom stereocenters. The molecule has 0 bridgehead atoms. The van der Waals surface area contributed by atoms with E-state index in [4.69, 9.17) is 0 Å². The Morgan fingerprint density at radius 3 is 2.20 bits per heavy atom. The number of hydrogen-bond donors (Lipinski definition) is 0. The molecular formula is C20H22. The Hall–Kier alpha value is -2.08. The smallest absolute Gasteiger partial charge is 0.0224 e. The van der Waals surface area contributed by atoms with Crippen molar-refractivity contribution < 1.29 is 0 Å². The first-order valence-electron chi connectivity index (χ1n) is 7.23. The van der Waals surface area contributed by atoms with Crippen LogP contribution in [0.2, 0.25) is 0 Å². The molecule has 0 atom stereocenters. The van der Waals surface area contributed by atoms with Crippen LogP contribution in [0.5, 0.6) is 0 Å². The molecule has 102 valence electrons. The highest BCUT2D eigenvalue weighted by Crippen LogP contribution is 2.15. The predicted molar refractivity (Wildman–Crippen MR) is 89.5 cm³/mol. The molecular weight excluding hydrogens is 240 g/mol. The van der Waals surface area contributed by atoms with Crippen molar-refractivity contribution in [2.24, 2.45) is 5.92 Å². The fraction of sp³-hybridized carbons (Fsp3) is 0.200. The molecule has 0 heterocycles. The summed E-state index contributed by atoms with van der Waals surface area (Å²) in [6, 6.07) is 19.0. The molecule has 0 fully saturated rings. The van der Waals surface area contributed by atoms with Gasteiger partial charge in [-0.25, -0.2) is 0 Å². The summed E-state index contributed by atoms with van der Waals surface area (Å²) in [5.41, 5.74) is 3.97. The highest BCUT2D eigenvalue weighted by atomic mass is 14.1. The quantitative estimate of drug-likeness (QED) is 0.614. The number of benzene rings is 2. The molecule has 0 saturated heterocycles. The third-order valence-electron chi connectivity index (χ3n) is 3.16. The standard InChI is InChI=1S/C20H22/c1-17(2)16-20-15-9-8-14-19(20)13-7-6-12-18-10-4-3-5-11-18/h3-15,17H,16H2,1-2H3. The van der Waals surface area contributed by atoms with E-state index in [0.29, 0.717) is 5.92 Å². The van der Waals surface area contributed by atoms with Gasteiger partial charge in [0, 0.05) is 0 Å². The SMILES string of the molecule is CC(C)Cc1ccccc1C=CC=Cc1ccccc1. The van der Waals surface area contributed by atoms with Crippen molar-refractivity contribution >= 4 is 12.2 Å². The van der Waals surface area contributed by atoms with Crippen LogP contribution >= 0.6 is 0 Å². The maximum atomic E-state index is 2.26. The molecule has 0 aliphatic rings. The van der Waals surface area contributed by atoms with Gasteiger partial charge in [-0.1, -0.05) is 92.7 Å². The lowest BCUT2D eigenvalue weighted by Crippen LogP contribution is -1.96. The first kappa shape index (κ1) is 14.3. The zero-order valence-electron chi connectivity index (χ0n) is 12.3. The maximum Gasteiger partial charge on any atom is -0.0224 e. The molecule has 2 rings (SSSR count). The summed E-state index contributed by atoms with van der Waals surface area (Å²) in [6.07, 6.45) is 9.66. The minimum Gasteiger partial charge on any atom is -0.0625 e. The Bertz CT molecular complexity index is 574. The van der Waals surface area contributed by atoms with E-state index in [2.05, 4.69) is 86.7 Å². The second-order valence-corrected chi connectivity index (χ2v) is 5.43. The normalized spacial score (nSPS) is 11.8. The summed E-state index contributed by atoms with van der Waals surface area (Å²) >= 11 is 0. The van der Waals surface area contributed by atoms with Gasteiger partial charge in [0.15, 0.2) is 0 Å². The van der Waals surface area contributed by atoms with Crippen LogP contribution in [-0.2, 0) is 6.42 Å². The Morgan fingerprint density at radius 2 is 1.45 bits per heavy atom. The molecule has 0 spiro atoms. The minimum atomic E-state index is 0.685. The van der Waals surface area contributed by atoms with Crippen LogP contribution in [0.1, 0.15) is 30.5 Å². The van der Waals surface area contributed by atoms with Crippen LogP contribution in [0.15, 0.2) is 66.7 Å². The van der Waals surface area contributed by atoms with Crippen molar-refractivity contribution in [3.63, 3.8) is 0 Å². The van der Waals surface area contributed by atoms with Gasteiger partial charge >= 0.3 is 0 Å². The van der Waals surface area contributed by atoms with E-state index in [1.54, 1.807) is 0 Å². The van der Waals surface area contributed by atoms with Crippen molar-refractivity contribution in [1.82, 2.24) is 0 Å². The van der Waals surface area contributed by atoms with Crippen molar-refractivity contribution in [1.29, 1.82) is 0 Å². The van der Waals surface area contributed by atoms with Crippen LogP contribution in [0.3, 0.4) is 0 Å². The first-order chi connectivity index (χ1) is 9.75. The van der Waals surface area contributed by atoms with Gasteiger partial charge in [-0.05, 0) is 29.0 Å². The van der Waals surface area contributed by atoms with Crippen LogP contribution in [-0.4, -0.2) is 0 Å². The second-order valence-electron chi connectivity index (χ2n) is 5.43. The Morgan fingerprint density at radius 1 is 0.800 bits per heavy atom.